The Labute approximate surface area is 313 Å². The highest BCUT2D eigenvalue weighted by atomic mass is 32.2. The number of aliphatic hydroxyl groups excluding tert-OH is 2. The lowest BCUT2D eigenvalue weighted by molar-refractivity contribution is -0.283. The molecule has 20 heteroatoms. The molecule has 0 saturated carbocycles. The highest BCUT2D eigenvalue weighted by Gasteiger charge is 2.57. The van der Waals surface area contributed by atoms with E-state index >= 15 is 0 Å². The summed E-state index contributed by atoms with van der Waals surface area (Å²) in [6, 6.07) is -4.09. The van der Waals surface area contributed by atoms with Crippen molar-refractivity contribution in [1.29, 1.82) is 0 Å². The second-order valence-corrected chi connectivity index (χ2v) is 14.9. The van der Waals surface area contributed by atoms with Gasteiger partial charge in [0.05, 0.1) is 13.7 Å². The van der Waals surface area contributed by atoms with Crippen LogP contribution in [0.15, 0.2) is 0 Å². The maximum atomic E-state index is 13.1. The van der Waals surface area contributed by atoms with Crippen LogP contribution >= 0.6 is 11.8 Å². The van der Waals surface area contributed by atoms with E-state index in [-0.39, 0.29) is 19.3 Å². The number of amides is 5. The minimum absolute atomic E-state index is 0.00921. The Hall–Kier alpha value is -3.56. The number of unbranched alkanes of at least 4 members (excludes halogenated alkanes) is 4. The van der Waals surface area contributed by atoms with Crippen LogP contribution in [0.4, 0.5) is 4.79 Å². The molecule has 1 rings (SSSR count). The number of hydrogen-bond acceptors (Lipinski definition) is 15. The van der Waals surface area contributed by atoms with Gasteiger partial charge >= 0.3 is 12.1 Å². The first-order chi connectivity index (χ1) is 24.6. The molecule has 1 aliphatic heterocycles. The van der Waals surface area contributed by atoms with Crippen molar-refractivity contribution < 1.29 is 67.8 Å². The lowest BCUT2D eigenvalue weighted by Gasteiger charge is -2.48. The predicted octanol–water partition coefficient (Wildman–Crippen LogP) is -0.784. The van der Waals surface area contributed by atoms with Gasteiger partial charge in [-0.3, -0.25) is 24.0 Å². The third-order valence-corrected chi connectivity index (χ3v) is 8.82. The van der Waals surface area contributed by atoms with Crippen LogP contribution in [0.3, 0.4) is 0 Å². The summed E-state index contributed by atoms with van der Waals surface area (Å²) in [6.07, 6.45) is -3.76. The molecule has 0 spiro atoms. The summed E-state index contributed by atoms with van der Waals surface area (Å²) in [4.78, 5) is 86.1. The Balaban J connectivity index is 2.88. The minimum Gasteiger partial charge on any atom is -0.467 e. The van der Waals surface area contributed by atoms with Gasteiger partial charge in [0.1, 0.15) is 48.1 Å². The molecule has 304 valence electrons. The van der Waals surface area contributed by atoms with Gasteiger partial charge in [-0.25, -0.2) is 9.59 Å². The van der Waals surface area contributed by atoms with Crippen LogP contribution in [0.5, 0.6) is 0 Å². The van der Waals surface area contributed by atoms with E-state index < -0.39 is 101 Å². The summed E-state index contributed by atoms with van der Waals surface area (Å²) >= 11 is 0.339. The molecule has 53 heavy (non-hydrogen) atoms. The standard InChI is InChI=1S/C33H57N5O14S/c1-18(28(44)38-21(30(46)49-7)14-15-23(34)41)36-29(45)19(2)50-26-25(43)22(17-39)51-33(48,27(26)37-20(3)40)53-24(42)13-11-9-8-10-12-16-35-31(47)52-32(4,5)6/h18-19,21-22,25-27,39,43,48H,8-17H2,1-7H3,(H2,34,41)(H,35,47)(H,36,45)(H,37,40)(H,38,44)/t18-,19+,21+,22+,25+,26-,27+,33?/m0/s1. The van der Waals surface area contributed by atoms with Gasteiger partial charge in [-0.15, -0.1) is 0 Å². The molecule has 0 aliphatic carbocycles. The summed E-state index contributed by atoms with van der Waals surface area (Å²) in [7, 11) is 1.09. The van der Waals surface area contributed by atoms with Crippen molar-refractivity contribution in [2.45, 2.75) is 146 Å². The molecule has 1 aliphatic rings. The molecule has 0 radical (unpaired) electrons. The Kier molecular flexibility index (Phi) is 20.2. The van der Waals surface area contributed by atoms with Crippen LogP contribution in [0.25, 0.3) is 0 Å². The molecule has 0 bridgehead atoms. The van der Waals surface area contributed by atoms with Crippen LogP contribution in [0.2, 0.25) is 0 Å². The van der Waals surface area contributed by atoms with Crippen molar-refractivity contribution in [3.8, 4) is 0 Å². The van der Waals surface area contributed by atoms with Gasteiger partial charge in [0.25, 0.3) is 0 Å². The third kappa shape index (κ3) is 17.4. The first-order valence-corrected chi connectivity index (χ1v) is 18.2. The molecule has 1 unspecified atom stereocenters. The topological polar surface area (TPSA) is 291 Å². The van der Waals surface area contributed by atoms with E-state index in [4.69, 9.17) is 19.9 Å². The summed E-state index contributed by atoms with van der Waals surface area (Å²) in [5.41, 5.74) is 4.54. The van der Waals surface area contributed by atoms with Gasteiger partial charge in [0.2, 0.25) is 28.7 Å². The molecule has 0 aromatic heterocycles. The molecule has 1 fully saturated rings. The van der Waals surface area contributed by atoms with Crippen molar-refractivity contribution in [3.63, 3.8) is 0 Å². The fourth-order valence-electron chi connectivity index (χ4n) is 5.07. The van der Waals surface area contributed by atoms with Crippen LogP contribution < -0.4 is 27.0 Å². The molecule has 1 saturated heterocycles. The molecular formula is C33H57N5O14S. The lowest BCUT2D eigenvalue weighted by Crippen LogP contribution is -2.70. The van der Waals surface area contributed by atoms with E-state index in [1.807, 2.05) is 0 Å². The average molecular weight is 780 g/mol. The largest absolute Gasteiger partial charge is 0.467 e. The monoisotopic (exact) mass is 779 g/mol. The zero-order chi connectivity index (χ0) is 40.5. The Morgan fingerprint density at radius 2 is 1.58 bits per heavy atom. The van der Waals surface area contributed by atoms with Crippen LogP contribution in [0.1, 0.15) is 92.9 Å². The smallest absolute Gasteiger partial charge is 0.407 e. The van der Waals surface area contributed by atoms with Crippen LogP contribution in [-0.2, 0) is 47.7 Å². The fourth-order valence-corrected chi connectivity index (χ4v) is 6.14. The molecule has 8 atom stereocenters. The predicted molar refractivity (Wildman–Crippen MR) is 189 cm³/mol. The summed E-state index contributed by atoms with van der Waals surface area (Å²) < 4.78 is 21.2. The highest BCUT2D eigenvalue weighted by molar-refractivity contribution is 8.14. The van der Waals surface area contributed by atoms with Gasteiger partial charge in [-0.1, -0.05) is 19.3 Å². The summed E-state index contributed by atoms with van der Waals surface area (Å²) in [5.74, 6) is -3.94. The number of esters is 1. The first kappa shape index (κ1) is 47.5. The number of nitrogens with one attached hydrogen (secondary N) is 4. The zero-order valence-corrected chi connectivity index (χ0v) is 32.2. The zero-order valence-electron chi connectivity index (χ0n) is 31.4. The van der Waals surface area contributed by atoms with Crippen molar-refractivity contribution in [1.82, 2.24) is 21.3 Å². The normalized spacial score (nSPS) is 23.1. The molecule has 19 nitrogen and oxygen atoms in total. The molecule has 9 N–H and O–H groups in total. The molecule has 0 aromatic rings. The maximum Gasteiger partial charge on any atom is 0.407 e. The van der Waals surface area contributed by atoms with E-state index in [1.165, 1.54) is 13.8 Å². The van der Waals surface area contributed by atoms with Gasteiger partial charge in [-0.2, -0.15) is 0 Å². The van der Waals surface area contributed by atoms with E-state index in [0.717, 1.165) is 26.9 Å². The number of hydrogen-bond donors (Lipinski definition) is 8. The van der Waals surface area contributed by atoms with Crippen molar-refractivity contribution in [3.05, 3.63) is 0 Å². The van der Waals surface area contributed by atoms with Crippen LogP contribution in [-0.4, -0.2) is 130 Å². The second kappa shape index (κ2) is 22.6. The number of alkyl carbamates (subject to hydrolysis) is 1. The first-order valence-electron chi connectivity index (χ1n) is 17.4. The van der Waals surface area contributed by atoms with Gasteiger partial charge in [0.15, 0.2) is 5.12 Å². The number of nitrogens with two attached hydrogens (primary N) is 1. The number of carbonyl (C=O) groups excluding carboxylic acids is 7. The number of aliphatic hydroxyl groups is 3. The van der Waals surface area contributed by atoms with Crippen LogP contribution in [0, 0.1) is 0 Å². The molecule has 1 heterocycles. The number of thioether (sulfide) groups is 1. The lowest BCUT2D eigenvalue weighted by atomic mass is 9.96. The maximum absolute atomic E-state index is 13.1. The van der Waals surface area contributed by atoms with E-state index in [0.29, 0.717) is 37.6 Å². The molecular weight excluding hydrogens is 722 g/mol. The van der Waals surface area contributed by atoms with Gasteiger partial charge < -0.3 is 61.3 Å². The molecule has 0 aromatic carbocycles. The number of ether oxygens (including phenoxy) is 4. The number of rotatable bonds is 21. The third-order valence-electron chi connectivity index (χ3n) is 7.75. The second-order valence-electron chi connectivity index (χ2n) is 13.6. The average Bonchev–Trinajstić information content (AvgIpc) is 3.05. The summed E-state index contributed by atoms with van der Waals surface area (Å²) in [5, 5.41) is 39.3. The van der Waals surface area contributed by atoms with E-state index in [2.05, 4.69) is 26.0 Å². The van der Waals surface area contributed by atoms with Crippen molar-refractivity contribution in [2.75, 3.05) is 20.3 Å². The molecule has 5 amide bonds. The quantitative estimate of drug-likeness (QED) is 0.0403. The summed E-state index contributed by atoms with van der Waals surface area (Å²) in [6.45, 7) is 8.59. The highest BCUT2D eigenvalue weighted by Crippen LogP contribution is 2.39. The van der Waals surface area contributed by atoms with Gasteiger partial charge in [-0.05, 0) is 65.6 Å². The van der Waals surface area contributed by atoms with Crippen molar-refractivity contribution in [2.24, 2.45) is 5.73 Å². The van der Waals surface area contributed by atoms with E-state index in [1.54, 1.807) is 20.8 Å². The fraction of sp³-hybridized carbons (Fsp3) is 0.788. The Bertz CT molecular complexity index is 1270. The number of primary amides is 1. The Morgan fingerprint density at radius 1 is 0.962 bits per heavy atom. The SMILES string of the molecule is COC(=O)[C@@H](CCC(N)=O)NC(=O)[C@H](C)NC(=O)[C@@H](C)O[C@H]1[C@H](O)[C@@H](CO)OC(O)(SC(=O)CCCCCCCNC(=O)OC(C)(C)C)[C@@H]1NC(C)=O. The number of carbonyl (C=O) groups is 7. The Morgan fingerprint density at radius 3 is 2.15 bits per heavy atom. The van der Waals surface area contributed by atoms with Gasteiger partial charge in [0, 0.05) is 26.3 Å². The van der Waals surface area contributed by atoms with Crippen molar-refractivity contribution >= 4 is 52.6 Å². The van der Waals surface area contributed by atoms with E-state index in [9.17, 15) is 48.9 Å². The number of methoxy groups -OCH3 is 1. The minimum atomic E-state index is -2.54.